The summed E-state index contributed by atoms with van der Waals surface area (Å²) in [6, 6.07) is 5.85. The summed E-state index contributed by atoms with van der Waals surface area (Å²) in [5.41, 5.74) is 5.59. The van der Waals surface area contributed by atoms with Gasteiger partial charge >= 0.3 is 0 Å². The lowest BCUT2D eigenvalue weighted by Gasteiger charge is -2.44. The number of hydrogen-bond acceptors (Lipinski definition) is 2. The van der Waals surface area contributed by atoms with E-state index in [0.717, 1.165) is 24.0 Å². The Bertz CT molecular complexity index is 803. The minimum Gasteiger partial charge on any atom is -0.507 e. The first-order valence-corrected chi connectivity index (χ1v) is 13.2. The van der Waals surface area contributed by atoms with Gasteiger partial charge in [-0.2, -0.15) is 0 Å². The van der Waals surface area contributed by atoms with Gasteiger partial charge in [0.1, 0.15) is 5.75 Å². The largest absolute Gasteiger partial charge is 0.507 e. The van der Waals surface area contributed by atoms with Gasteiger partial charge in [-0.1, -0.05) is 41.5 Å². The number of Topliss-reactive ketones (excluding diaryl/α,β-unsaturated/α-hetero) is 1. The van der Waals surface area contributed by atoms with Gasteiger partial charge in [-0.3, -0.25) is 4.79 Å². The molecular formula is C25H39NO2Si. The Kier molecular flexibility index (Phi) is 7.55. The van der Waals surface area contributed by atoms with Crippen molar-refractivity contribution in [2.24, 2.45) is 0 Å². The summed E-state index contributed by atoms with van der Waals surface area (Å²) in [5.74, 6) is 0.446. The van der Waals surface area contributed by atoms with E-state index in [0.29, 0.717) is 28.6 Å². The molecule has 0 aliphatic carbocycles. The van der Waals surface area contributed by atoms with E-state index < -0.39 is 8.24 Å². The first-order chi connectivity index (χ1) is 13.5. The summed E-state index contributed by atoms with van der Waals surface area (Å²) in [4.78, 5) is 12.6. The Morgan fingerprint density at radius 1 is 1.00 bits per heavy atom. The number of hydrogen-bond donors (Lipinski definition) is 1. The van der Waals surface area contributed by atoms with Gasteiger partial charge in [0.25, 0.3) is 0 Å². The van der Waals surface area contributed by atoms with Gasteiger partial charge in [-0.05, 0) is 90.6 Å². The van der Waals surface area contributed by atoms with Crippen LogP contribution >= 0.6 is 0 Å². The maximum Gasteiger partial charge on any atom is 0.168 e. The van der Waals surface area contributed by atoms with Gasteiger partial charge in [0.2, 0.25) is 0 Å². The molecule has 4 heteroatoms. The van der Waals surface area contributed by atoms with Crippen LogP contribution in [-0.4, -0.2) is 23.4 Å². The number of aryl methyl sites for hydroxylation is 3. The highest BCUT2D eigenvalue weighted by molar-refractivity contribution is 6.82. The van der Waals surface area contributed by atoms with Gasteiger partial charge in [-0.15, -0.1) is 0 Å². The molecule has 1 heterocycles. The summed E-state index contributed by atoms with van der Waals surface area (Å²) in [6.07, 6.45) is 6.95. The summed E-state index contributed by atoms with van der Waals surface area (Å²) < 4.78 is 2.57. The smallest absolute Gasteiger partial charge is 0.168 e. The molecule has 3 nitrogen and oxygen atoms in total. The predicted molar refractivity (Wildman–Crippen MR) is 126 cm³/mol. The Labute approximate surface area is 178 Å². The average Bonchev–Trinajstić information content (AvgIpc) is 3.07. The number of aromatic hydroxyl groups is 1. The molecule has 2 rings (SSSR count). The maximum absolute atomic E-state index is 12.6. The van der Waals surface area contributed by atoms with Crippen LogP contribution in [0.1, 0.15) is 81.4 Å². The van der Waals surface area contributed by atoms with E-state index in [1.807, 2.05) is 13.8 Å². The fourth-order valence-electron chi connectivity index (χ4n) is 5.44. The average molecular weight is 414 g/mol. The zero-order chi connectivity index (χ0) is 21.9. The third-order valence-corrected chi connectivity index (χ3v) is 13.4. The fraction of sp³-hybridized carbons (Fsp3) is 0.560. The molecule has 0 radical (unpaired) electrons. The van der Waals surface area contributed by atoms with Crippen LogP contribution in [0.5, 0.6) is 5.75 Å². The van der Waals surface area contributed by atoms with Crippen LogP contribution in [0.3, 0.4) is 0 Å². The predicted octanol–water partition coefficient (Wildman–Crippen LogP) is 7.04. The Hall–Kier alpha value is -1.81. The molecule has 2 aromatic rings. The summed E-state index contributed by atoms with van der Waals surface area (Å²) in [5, 5.41) is 9.91. The van der Waals surface area contributed by atoms with Crippen LogP contribution in [0.25, 0.3) is 0 Å². The molecule has 160 valence electrons. The van der Waals surface area contributed by atoms with E-state index in [1.165, 1.54) is 5.56 Å². The third kappa shape index (κ3) is 4.68. The van der Waals surface area contributed by atoms with E-state index >= 15 is 0 Å². The minimum atomic E-state index is -1.69. The zero-order valence-electron chi connectivity index (χ0n) is 19.5. The highest BCUT2D eigenvalue weighted by Gasteiger charge is 2.44. The Morgan fingerprint density at radius 2 is 1.52 bits per heavy atom. The van der Waals surface area contributed by atoms with Crippen molar-refractivity contribution < 1.29 is 9.90 Å². The molecule has 0 spiro atoms. The summed E-state index contributed by atoms with van der Waals surface area (Å²) in [6.45, 7) is 18.0. The Balaban J connectivity index is 2.08. The van der Waals surface area contributed by atoms with E-state index in [2.05, 4.69) is 64.2 Å². The Morgan fingerprint density at radius 3 is 2.00 bits per heavy atom. The molecule has 0 aliphatic heterocycles. The molecule has 1 aromatic heterocycles. The van der Waals surface area contributed by atoms with Crippen molar-refractivity contribution in [3.63, 3.8) is 0 Å². The zero-order valence-corrected chi connectivity index (χ0v) is 20.5. The van der Waals surface area contributed by atoms with E-state index in [1.54, 1.807) is 12.1 Å². The van der Waals surface area contributed by atoms with Crippen LogP contribution in [0, 0.1) is 13.8 Å². The maximum atomic E-state index is 12.6. The number of carbonyl (C=O) groups is 1. The highest BCUT2D eigenvalue weighted by atomic mass is 28.3. The minimum absolute atomic E-state index is 0.158. The van der Waals surface area contributed by atoms with E-state index in [-0.39, 0.29) is 11.5 Å². The molecule has 0 aliphatic rings. The van der Waals surface area contributed by atoms with Crippen LogP contribution in [-0.2, 0) is 6.42 Å². The number of aromatic nitrogens is 1. The molecule has 0 saturated carbocycles. The van der Waals surface area contributed by atoms with Crippen LogP contribution in [0.2, 0.25) is 16.6 Å². The van der Waals surface area contributed by atoms with Gasteiger partial charge < -0.3 is 9.34 Å². The topological polar surface area (TPSA) is 42.2 Å². The summed E-state index contributed by atoms with van der Waals surface area (Å²) in [7, 11) is -1.69. The number of ketones is 1. The normalized spacial score (nSPS) is 12.4. The number of phenols is 1. The van der Waals surface area contributed by atoms with Crippen LogP contribution in [0.4, 0.5) is 0 Å². The molecule has 0 unspecified atom stereocenters. The van der Waals surface area contributed by atoms with E-state index in [4.69, 9.17) is 0 Å². The van der Waals surface area contributed by atoms with Crippen LogP contribution in [0.15, 0.2) is 30.6 Å². The lowest BCUT2D eigenvalue weighted by Crippen LogP contribution is -2.51. The van der Waals surface area contributed by atoms with Gasteiger partial charge in [-0.25, -0.2) is 0 Å². The van der Waals surface area contributed by atoms with E-state index in [9.17, 15) is 9.90 Å². The quantitative estimate of drug-likeness (QED) is 0.354. The second kappa shape index (κ2) is 9.33. The summed E-state index contributed by atoms with van der Waals surface area (Å²) >= 11 is 0. The monoisotopic (exact) mass is 413 g/mol. The van der Waals surface area contributed by atoms with Crippen molar-refractivity contribution in [1.82, 2.24) is 4.23 Å². The number of rotatable bonds is 9. The lowest BCUT2D eigenvalue weighted by molar-refractivity contribution is 0.0980. The van der Waals surface area contributed by atoms with Crippen molar-refractivity contribution >= 4 is 14.0 Å². The molecule has 0 atom stereocenters. The number of benzene rings is 1. The molecule has 0 bridgehead atoms. The highest BCUT2D eigenvalue weighted by Crippen LogP contribution is 2.42. The molecule has 0 saturated heterocycles. The molecule has 0 fully saturated rings. The van der Waals surface area contributed by atoms with Crippen molar-refractivity contribution in [3.05, 3.63) is 52.8 Å². The van der Waals surface area contributed by atoms with Gasteiger partial charge in [0, 0.05) is 12.0 Å². The van der Waals surface area contributed by atoms with Crippen molar-refractivity contribution in [2.75, 3.05) is 0 Å². The number of carbonyl (C=O) groups excluding carboxylic acids is 1. The van der Waals surface area contributed by atoms with Crippen molar-refractivity contribution in [3.8, 4) is 5.75 Å². The number of phenolic OH excluding ortho intramolecular Hbond substituents is 1. The fourth-order valence-corrected chi connectivity index (χ4v) is 11.9. The first kappa shape index (κ1) is 23.5. The SMILES string of the molecule is Cc1cc(C(=O)CCCc2ccn([Si](C(C)C)(C(C)C)C(C)C)c2)cc(C)c1O. The molecule has 29 heavy (non-hydrogen) atoms. The van der Waals surface area contributed by atoms with Crippen molar-refractivity contribution in [2.45, 2.75) is 91.3 Å². The van der Waals surface area contributed by atoms with Crippen LogP contribution < -0.4 is 0 Å². The lowest BCUT2D eigenvalue weighted by atomic mass is 9.99. The van der Waals surface area contributed by atoms with Gasteiger partial charge in [0.05, 0.1) is 0 Å². The second-order valence-corrected chi connectivity index (χ2v) is 15.3. The third-order valence-electron chi connectivity index (χ3n) is 6.66. The number of nitrogens with zero attached hydrogens (tertiary/aromatic N) is 1. The second-order valence-electron chi connectivity index (χ2n) is 9.51. The molecule has 0 amide bonds. The van der Waals surface area contributed by atoms with Crippen molar-refractivity contribution in [1.29, 1.82) is 0 Å². The molecule has 1 aromatic carbocycles. The van der Waals surface area contributed by atoms with Gasteiger partial charge in [0.15, 0.2) is 14.0 Å². The molecule has 1 N–H and O–H groups in total. The first-order valence-electron chi connectivity index (χ1n) is 11.0. The molecular weight excluding hydrogens is 374 g/mol. The standard InChI is InChI=1S/C25H39NO2Si/c1-17(2)29(18(3)4,19(5)6)26-13-12-22(16-26)10-9-11-24(27)23-14-20(7)25(28)21(8)15-23/h12-19,28H,9-11H2,1-8H3.